The lowest BCUT2D eigenvalue weighted by atomic mass is 9.93. The van der Waals surface area contributed by atoms with Gasteiger partial charge in [0.1, 0.15) is 11.0 Å². The van der Waals surface area contributed by atoms with Gasteiger partial charge in [0.2, 0.25) is 0 Å². The van der Waals surface area contributed by atoms with E-state index in [1.807, 2.05) is 0 Å². The van der Waals surface area contributed by atoms with Crippen LogP contribution < -0.4 is 11.1 Å². The van der Waals surface area contributed by atoms with E-state index in [0.717, 1.165) is 46.6 Å². The molecule has 2 unspecified atom stereocenters. The molecule has 3 heterocycles. The third-order valence-electron chi connectivity index (χ3n) is 15.3. The van der Waals surface area contributed by atoms with Gasteiger partial charge in [0.05, 0.1) is 17.9 Å². The van der Waals surface area contributed by atoms with Crippen LogP contribution >= 0.6 is 22.7 Å². The first-order valence-electron chi connectivity index (χ1n) is 30.1. The van der Waals surface area contributed by atoms with Crippen molar-refractivity contribution in [2.45, 2.75) is 291 Å². The Morgan fingerprint density at radius 1 is 0.435 bits per heavy atom. The van der Waals surface area contributed by atoms with E-state index in [1.54, 1.807) is 22.7 Å². The number of unbranched alkanes of at least 4 members (excludes halogenated alkanes) is 32. The molecular formula is C62H107N5S2. The number of rotatable bonds is 47. The first kappa shape index (κ1) is 59.2. The molecule has 4 rings (SSSR count). The van der Waals surface area contributed by atoms with Crippen molar-refractivity contribution in [1.29, 1.82) is 0 Å². The third kappa shape index (κ3) is 24.3. The summed E-state index contributed by atoms with van der Waals surface area (Å²) in [4.78, 5) is 4.52. The average molecular weight is 987 g/mol. The molecule has 3 N–H and O–H groups in total. The van der Waals surface area contributed by atoms with Crippen LogP contribution in [0, 0.1) is 11.8 Å². The molecule has 0 bridgehead atoms. The Balaban J connectivity index is 1.53. The molecule has 4 aromatic rings. The molecule has 0 amide bonds. The Morgan fingerprint density at radius 3 is 1.10 bits per heavy atom. The molecule has 0 saturated heterocycles. The normalized spacial score (nSPS) is 12.7. The zero-order valence-corrected chi connectivity index (χ0v) is 47.2. The maximum atomic E-state index is 7.49. The van der Waals surface area contributed by atoms with Crippen LogP contribution in [0.4, 0.5) is 11.4 Å². The summed E-state index contributed by atoms with van der Waals surface area (Å²) in [5.41, 5.74) is 13.6. The number of benzene rings is 1. The van der Waals surface area contributed by atoms with Crippen LogP contribution in [0.2, 0.25) is 0 Å². The number of aromatic nitrogens is 3. The van der Waals surface area contributed by atoms with Crippen LogP contribution in [0.25, 0.3) is 31.9 Å². The second-order valence-corrected chi connectivity index (χ2v) is 23.4. The summed E-state index contributed by atoms with van der Waals surface area (Å²) in [6, 6.07) is 8.85. The minimum Gasteiger partial charge on any atom is -0.396 e. The van der Waals surface area contributed by atoms with Gasteiger partial charge in [-0.3, -0.25) is 0 Å². The van der Waals surface area contributed by atoms with Crippen LogP contribution in [0.1, 0.15) is 285 Å². The second-order valence-electron chi connectivity index (χ2n) is 21.5. The van der Waals surface area contributed by atoms with Crippen LogP contribution in [-0.2, 0) is 6.54 Å². The first-order chi connectivity index (χ1) is 34.1. The molecule has 0 aliphatic heterocycles. The molecule has 0 radical (unpaired) electrons. The van der Waals surface area contributed by atoms with Crippen molar-refractivity contribution in [1.82, 2.24) is 15.0 Å². The lowest BCUT2D eigenvalue weighted by Crippen LogP contribution is -2.16. The Labute approximate surface area is 434 Å². The number of anilines is 2. The predicted octanol–water partition coefficient (Wildman–Crippen LogP) is 21.8. The summed E-state index contributed by atoms with van der Waals surface area (Å²) in [6.45, 7) is 11.1. The molecule has 0 aliphatic rings. The Morgan fingerprint density at radius 2 is 0.754 bits per heavy atom. The number of fused-ring (bicyclic) bond motifs is 1. The summed E-state index contributed by atoms with van der Waals surface area (Å²) < 4.78 is 0. The maximum Gasteiger partial charge on any atom is 0.124 e. The fourth-order valence-electron chi connectivity index (χ4n) is 10.9. The summed E-state index contributed by atoms with van der Waals surface area (Å²) >= 11 is 3.58. The fourth-order valence-corrected chi connectivity index (χ4v) is 12.5. The van der Waals surface area contributed by atoms with Gasteiger partial charge >= 0.3 is 0 Å². The molecule has 7 heteroatoms. The number of hydrogen-bond donors (Lipinski definition) is 2. The lowest BCUT2D eigenvalue weighted by Gasteiger charge is -2.22. The Bertz CT molecular complexity index is 1760. The van der Waals surface area contributed by atoms with Crippen LogP contribution in [0.15, 0.2) is 35.0 Å². The van der Waals surface area contributed by atoms with Gasteiger partial charge in [-0.25, -0.2) is 0 Å². The molecule has 0 spiro atoms. The van der Waals surface area contributed by atoms with Crippen molar-refractivity contribution in [3.8, 4) is 20.9 Å². The van der Waals surface area contributed by atoms with Gasteiger partial charge < -0.3 is 11.1 Å². The first-order valence-corrected chi connectivity index (χ1v) is 31.9. The number of nitrogens with zero attached hydrogens (tertiary/aromatic N) is 3. The second kappa shape index (κ2) is 39.2. The quantitative estimate of drug-likeness (QED) is 0.0342. The smallest absolute Gasteiger partial charge is 0.124 e. The average Bonchev–Trinajstić information content (AvgIpc) is 4.17. The van der Waals surface area contributed by atoms with E-state index in [9.17, 15) is 0 Å². The molecule has 0 aliphatic carbocycles. The summed E-state index contributed by atoms with van der Waals surface area (Å²) in [5, 5.41) is 19.5. The standard InChI is InChI=1S/C62H107N5S2/c1-5-9-13-17-21-25-27-31-34-38-44-53(43-37-33-29-23-19-15-11-7-3)51-64-60-58(56-48-42-50-69-56)62-61(57(59(60)63)55-47-41-49-68-55)65-67(66-62)52-54(45-39-35-30-24-20-16-12-8-4)46-40-36-32-28-26-22-18-14-10-6-2/h41-42,47-50,53-54,64H,5-40,43-46,51-52,63H2,1-4H3. The predicted molar refractivity (Wildman–Crippen MR) is 311 cm³/mol. The molecule has 0 fully saturated rings. The van der Waals surface area contributed by atoms with Gasteiger partial charge in [-0.1, -0.05) is 271 Å². The van der Waals surface area contributed by atoms with Gasteiger partial charge in [-0.15, -0.1) is 22.7 Å². The van der Waals surface area contributed by atoms with Crippen LogP contribution in [0.3, 0.4) is 0 Å². The lowest BCUT2D eigenvalue weighted by molar-refractivity contribution is 0.326. The summed E-state index contributed by atoms with van der Waals surface area (Å²) in [5.74, 6) is 1.23. The van der Waals surface area contributed by atoms with Crippen molar-refractivity contribution in [2.24, 2.45) is 11.8 Å². The van der Waals surface area contributed by atoms with Gasteiger partial charge in [-0.2, -0.15) is 15.0 Å². The van der Waals surface area contributed by atoms with Gasteiger partial charge in [-0.05, 0) is 60.4 Å². The highest BCUT2D eigenvalue weighted by molar-refractivity contribution is 7.14. The molecule has 5 nitrogen and oxygen atoms in total. The zero-order chi connectivity index (χ0) is 48.8. The highest BCUT2D eigenvalue weighted by atomic mass is 32.1. The largest absolute Gasteiger partial charge is 0.396 e. The van der Waals surface area contributed by atoms with Crippen molar-refractivity contribution < 1.29 is 0 Å². The van der Waals surface area contributed by atoms with Crippen molar-refractivity contribution in [3.05, 3.63) is 35.0 Å². The van der Waals surface area contributed by atoms with Crippen molar-refractivity contribution >= 4 is 45.1 Å². The van der Waals surface area contributed by atoms with E-state index in [1.165, 1.54) is 267 Å². The van der Waals surface area contributed by atoms with Crippen molar-refractivity contribution in [3.63, 3.8) is 0 Å². The molecule has 1 aromatic carbocycles. The minimum absolute atomic E-state index is 0.592. The number of nitrogens with two attached hydrogens (primary N) is 1. The van der Waals surface area contributed by atoms with E-state index < -0.39 is 0 Å². The van der Waals surface area contributed by atoms with Gasteiger partial charge in [0.15, 0.2) is 0 Å². The molecule has 3 aromatic heterocycles. The Kier molecular flexibility index (Phi) is 33.6. The van der Waals surface area contributed by atoms with Gasteiger partial charge in [0.25, 0.3) is 0 Å². The van der Waals surface area contributed by atoms with E-state index in [-0.39, 0.29) is 0 Å². The molecular weight excluding hydrogens is 879 g/mol. The highest BCUT2D eigenvalue weighted by Crippen LogP contribution is 2.48. The Hall–Kier alpha value is -2.38. The summed E-state index contributed by atoms with van der Waals surface area (Å²) in [7, 11) is 0. The SMILES string of the molecule is CCCCCCCCCCCCC(CCCCCCCCCC)CNc1c(N)c(-c2cccs2)c2nn(CC(CCCCCCCCCC)CCCCCCCCCCCC)nc2c1-c1cccs1. The van der Waals surface area contributed by atoms with E-state index in [0.29, 0.717) is 11.8 Å². The third-order valence-corrected chi connectivity index (χ3v) is 17.1. The number of thiophene rings is 2. The van der Waals surface area contributed by atoms with Crippen molar-refractivity contribution in [2.75, 3.05) is 17.6 Å². The number of nitrogens with one attached hydrogen (secondary N) is 1. The number of hydrogen-bond acceptors (Lipinski definition) is 6. The fraction of sp³-hybridized carbons (Fsp3) is 0.774. The molecule has 69 heavy (non-hydrogen) atoms. The van der Waals surface area contributed by atoms with E-state index in [4.69, 9.17) is 15.9 Å². The van der Waals surface area contributed by atoms with Gasteiger partial charge in [0, 0.05) is 27.4 Å². The van der Waals surface area contributed by atoms with E-state index in [2.05, 4.69) is 72.8 Å². The maximum absolute atomic E-state index is 7.49. The number of nitrogen functional groups attached to an aromatic ring is 1. The minimum atomic E-state index is 0.592. The monoisotopic (exact) mass is 986 g/mol. The van der Waals surface area contributed by atoms with Crippen LogP contribution in [0.5, 0.6) is 0 Å². The molecule has 0 saturated carbocycles. The molecule has 392 valence electrons. The topological polar surface area (TPSA) is 68.8 Å². The molecule has 2 atom stereocenters. The van der Waals surface area contributed by atoms with Crippen LogP contribution in [-0.4, -0.2) is 21.5 Å². The highest BCUT2D eigenvalue weighted by Gasteiger charge is 2.26. The van der Waals surface area contributed by atoms with E-state index >= 15 is 0 Å². The zero-order valence-electron chi connectivity index (χ0n) is 45.6. The summed E-state index contributed by atoms with van der Waals surface area (Å²) in [6.07, 6.45) is 54.8.